The molecular formula is C14H24O6. The van der Waals surface area contributed by atoms with Crippen LogP contribution in [0.4, 0.5) is 0 Å². The van der Waals surface area contributed by atoms with E-state index in [9.17, 15) is 9.59 Å². The van der Waals surface area contributed by atoms with Crippen molar-refractivity contribution in [1.82, 2.24) is 0 Å². The van der Waals surface area contributed by atoms with Gasteiger partial charge in [-0.05, 0) is 25.7 Å². The van der Waals surface area contributed by atoms with E-state index in [0.29, 0.717) is 13.2 Å². The molecule has 6 nitrogen and oxygen atoms in total. The molecule has 20 heavy (non-hydrogen) atoms. The fourth-order valence-electron chi connectivity index (χ4n) is 1.02. The largest absolute Gasteiger partial charge is 0.463 e. The average molecular weight is 288 g/mol. The van der Waals surface area contributed by atoms with Crippen LogP contribution in [-0.4, -0.2) is 48.6 Å². The zero-order valence-electron chi connectivity index (χ0n) is 11.8. The molecule has 0 aromatic rings. The second kappa shape index (κ2) is 17.3. The maximum Gasteiger partial charge on any atom is 0.330 e. The van der Waals surface area contributed by atoms with E-state index in [1.165, 1.54) is 0 Å². The van der Waals surface area contributed by atoms with Crippen LogP contribution in [0.3, 0.4) is 0 Å². The van der Waals surface area contributed by atoms with Gasteiger partial charge in [0.25, 0.3) is 0 Å². The molecule has 0 unspecified atom stereocenters. The number of esters is 2. The molecule has 0 aromatic carbocycles. The first-order valence-electron chi connectivity index (χ1n) is 6.42. The van der Waals surface area contributed by atoms with Gasteiger partial charge in [0.15, 0.2) is 0 Å². The second-order valence-electron chi connectivity index (χ2n) is 3.60. The van der Waals surface area contributed by atoms with E-state index in [1.807, 2.05) is 0 Å². The smallest absolute Gasteiger partial charge is 0.330 e. The van der Waals surface area contributed by atoms with Crippen molar-refractivity contribution in [3.63, 3.8) is 0 Å². The molecule has 0 amide bonds. The molecule has 6 heteroatoms. The van der Waals surface area contributed by atoms with Gasteiger partial charge in [0.05, 0.1) is 26.4 Å². The van der Waals surface area contributed by atoms with Crippen molar-refractivity contribution < 1.29 is 29.3 Å². The Bertz CT molecular complexity index is 247. The van der Waals surface area contributed by atoms with Crippen LogP contribution in [0.5, 0.6) is 0 Å². The Morgan fingerprint density at radius 1 is 0.800 bits per heavy atom. The molecule has 0 heterocycles. The Hall–Kier alpha value is -1.66. The number of rotatable bonds is 10. The summed E-state index contributed by atoms with van der Waals surface area (Å²) in [5.74, 6) is -0.778. The Morgan fingerprint density at radius 3 is 1.40 bits per heavy atom. The monoisotopic (exact) mass is 288 g/mol. The van der Waals surface area contributed by atoms with Crippen molar-refractivity contribution >= 4 is 11.9 Å². The highest BCUT2D eigenvalue weighted by molar-refractivity contribution is 5.81. The number of carbonyl (C=O) groups excluding carboxylic acids is 2. The third-order valence-electron chi connectivity index (χ3n) is 1.96. The van der Waals surface area contributed by atoms with Crippen molar-refractivity contribution in [2.24, 2.45) is 0 Å². The van der Waals surface area contributed by atoms with Crippen LogP contribution < -0.4 is 0 Å². The predicted molar refractivity (Wildman–Crippen MR) is 75.0 cm³/mol. The molecule has 0 aliphatic heterocycles. The van der Waals surface area contributed by atoms with Gasteiger partial charge in [0.2, 0.25) is 0 Å². The molecule has 0 radical (unpaired) electrons. The van der Waals surface area contributed by atoms with Crippen molar-refractivity contribution in [1.29, 1.82) is 0 Å². The molecule has 0 spiro atoms. The highest BCUT2D eigenvalue weighted by atomic mass is 16.5. The molecule has 0 rings (SSSR count). The summed E-state index contributed by atoms with van der Waals surface area (Å²) in [4.78, 5) is 21.3. The summed E-state index contributed by atoms with van der Waals surface area (Å²) >= 11 is 0. The van der Waals surface area contributed by atoms with Gasteiger partial charge >= 0.3 is 11.9 Å². The van der Waals surface area contributed by atoms with Gasteiger partial charge in [0, 0.05) is 12.2 Å². The lowest BCUT2D eigenvalue weighted by atomic mass is 10.2. The van der Waals surface area contributed by atoms with Crippen LogP contribution in [0.25, 0.3) is 0 Å². The number of aliphatic hydroxyl groups excluding tert-OH is 2. The van der Waals surface area contributed by atoms with E-state index in [0.717, 1.165) is 37.8 Å². The molecule has 0 aromatic heterocycles. The average Bonchev–Trinajstić information content (AvgIpc) is 2.49. The van der Waals surface area contributed by atoms with E-state index < -0.39 is 0 Å². The second-order valence-corrected chi connectivity index (χ2v) is 3.60. The van der Waals surface area contributed by atoms with Crippen molar-refractivity contribution in [2.75, 3.05) is 26.4 Å². The number of aliphatic hydroxyl groups is 2. The van der Waals surface area contributed by atoms with Crippen LogP contribution >= 0.6 is 0 Å². The van der Waals surface area contributed by atoms with Crippen LogP contribution in [0.1, 0.15) is 25.7 Å². The lowest BCUT2D eigenvalue weighted by Gasteiger charge is -2.03. The summed E-state index contributed by atoms with van der Waals surface area (Å²) in [6.45, 7) is 7.16. The molecule has 0 aliphatic rings. The number of carbonyl (C=O) groups is 2. The maximum absolute atomic E-state index is 10.6. The summed E-state index contributed by atoms with van der Waals surface area (Å²) < 4.78 is 9.60. The molecule has 0 bridgehead atoms. The first-order valence-corrected chi connectivity index (χ1v) is 6.42. The number of ether oxygens (including phenoxy) is 2. The Morgan fingerprint density at radius 2 is 1.15 bits per heavy atom. The van der Waals surface area contributed by atoms with Gasteiger partial charge in [-0.1, -0.05) is 13.2 Å². The minimum atomic E-state index is -0.389. The number of unbranched alkanes of at least 4 members (excludes halogenated alkanes) is 3. The van der Waals surface area contributed by atoms with Gasteiger partial charge in [-0.3, -0.25) is 0 Å². The quantitative estimate of drug-likeness (QED) is 0.353. The predicted octanol–water partition coefficient (Wildman–Crippen LogP) is 0.976. The van der Waals surface area contributed by atoms with Crippen LogP contribution in [0.2, 0.25) is 0 Å². The number of hydrogen-bond donors (Lipinski definition) is 2. The SMILES string of the molecule is C=CC(=O)OCCCCCCOC(=O)C=C.OCCO. The van der Waals surface area contributed by atoms with Crippen LogP contribution in [0.15, 0.2) is 25.3 Å². The van der Waals surface area contributed by atoms with Gasteiger partial charge in [-0.15, -0.1) is 0 Å². The number of hydrogen-bond acceptors (Lipinski definition) is 6. The van der Waals surface area contributed by atoms with Gasteiger partial charge in [-0.2, -0.15) is 0 Å². The van der Waals surface area contributed by atoms with Crippen LogP contribution in [-0.2, 0) is 19.1 Å². The van der Waals surface area contributed by atoms with E-state index in [1.54, 1.807) is 0 Å². The topological polar surface area (TPSA) is 93.1 Å². The van der Waals surface area contributed by atoms with E-state index >= 15 is 0 Å². The minimum absolute atomic E-state index is 0.125. The van der Waals surface area contributed by atoms with Gasteiger partial charge < -0.3 is 19.7 Å². The Kier molecular flexibility index (Phi) is 17.9. The van der Waals surface area contributed by atoms with Crippen LogP contribution in [0, 0.1) is 0 Å². The zero-order valence-corrected chi connectivity index (χ0v) is 11.8. The summed E-state index contributed by atoms with van der Waals surface area (Å²) in [7, 11) is 0. The van der Waals surface area contributed by atoms with E-state index in [-0.39, 0.29) is 25.2 Å². The highest BCUT2D eigenvalue weighted by Gasteiger charge is 1.97. The van der Waals surface area contributed by atoms with Crippen molar-refractivity contribution in [2.45, 2.75) is 25.7 Å². The summed E-state index contributed by atoms with van der Waals surface area (Å²) in [5, 5.41) is 15.2. The maximum atomic E-state index is 10.6. The summed E-state index contributed by atoms with van der Waals surface area (Å²) in [6.07, 6.45) is 5.81. The van der Waals surface area contributed by atoms with Crippen molar-refractivity contribution in [3.05, 3.63) is 25.3 Å². The Balaban J connectivity index is 0. The fourth-order valence-corrected chi connectivity index (χ4v) is 1.02. The molecule has 0 saturated heterocycles. The fraction of sp³-hybridized carbons (Fsp3) is 0.571. The van der Waals surface area contributed by atoms with Gasteiger partial charge in [-0.25, -0.2) is 9.59 Å². The first-order chi connectivity index (χ1) is 9.62. The molecule has 0 atom stereocenters. The summed E-state index contributed by atoms with van der Waals surface area (Å²) in [5.41, 5.74) is 0. The lowest BCUT2D eigenvalue weighted by Crippen LogP contribution is -2.03. The molecule has 0 fully saturated rings. The molecule has 116 valence electrons. The highest BCUT2D eigenvalue weighted by Crippen LogP contribution is 2.01. The minimum Gasteiger partial charge on any atom is -0.463 e. The summed E-state index contributed by atoms with van der Waals surface area (Å²) in [6, 6.07) is 0. The molecule has 2 N–H and O–H groups in total. The third-order valence-corrected chi connectivity index (χ3v) is 1.96. The van der Waals surface area contributed by atoms with Gasteiger partial charge in [0.1, 0.15) is 0 Å². The zero-order chi connectivity index (χ0) is 15.6. The lowest BCUT2D eigenvalue weighted by molar-refractivity contribution is -0.139. The van der Waals surface area contributed by atoms with E-state index in [4.69, 9.17) is 19.7 Å². The third kappa shape index (κ3) is 18.7. The normalized spacial score (nSPS) is 8.90. The first kappa shape index (κ1) is 20.7. The van der Waals surface area contributed by atoms with E-state index in [2.05, 4.69) is 13.2 Å². The van der Waals surface area contributed by atoms with Crippen molar-refractivity contribution in [3.8, 4) is 0 Å². The molecule has 0 aliphatic carbocycles. The standard InChI is InChI=1S/C12H18O4.C2H6O2/c1-3-11(13)15-9-7-5-6-8-10-16-12(14)4-2;3-1-2-4/h3-4H,1-2,5-10H2;3-4H,1-2H2. The molecule has 0 saturated carbocycles. The molecular weight excluding hydrogens is 264 g/mol. The Labute approximate surface area is 119 Å².